The van der Waals surface area contributed by atoms with E-state index in [1.54, 1.807) is 58.0 Å². The molecule has 21 nitrogen and oxygen atoms in total. The van der Waals surface area contributed by atoms with E-state index >= 15 is 0 Å². The van der Waals surface area contributed by atoms with Crippen LogP contribution in [0.2, 0.25) is 0 Å². The number of benzene rings is 9. The average molecular weight is 1440 g/mol. The lowest BCUT2D eigenvalue weighted by Crippen LogP contribution is -2.23. The third-order valence-corrected chi connectivity index (χ3v) is 21.4. The van der Waals surface area contributed by atoms with Crippen LogP contribution in [0.3, 0.4) is 0 Å². The molecule has 3 saturated carbocycles. The molecule has 4 unspecified atom stereocenters. The lowest BCUT2D eigenvalue weighted by atomic mass is 9.88. The Hall–Kier alpha value is -13.2. The van der Waals surface area contributed by atoms with Gasteiger partial charge in [-0.25, -0.2) is 14.4 Å². The highest BCUT2D eigenvalue weighted by Crippen LogP contribution is 2.59. The number of hydrogen-bond donors (Lipinski definition) is 6. The number of hydrogen-bond acceptors (Lipinski definition) is 15. The van der Waals surface area contributed by atoms with Gasteiger partial charge in [0.05, 0.1) is 16.2 Å². The van der Waals surface area contributed by atoms with Crippen LogP contribution in [0.4, 0.5) is 31.4 Å². The van der Waals surface area contributed by atoms with Crippen molar-refractivity contribution in [1.82, 2.24) is 15.5 Å². The van der Waals surface area contributed by atoms with E-state index in [4.69, 9.17) is 27.8 Å². The smallest absolute Gasteiger partial charge is 0.412 e. The summed E-state index contributed by atoms with van der Waals surface area (Å²) in [5, 5.41) is 54.3. The number of rotatable bonds is 25. The van der Waals surface area contributed by atoms with Gasteiger partial charge in [0.15, 0.2) is 17.3 Å². The maximum atomic E-state index is 14.0. The third-order valence-electron chi connectivity index (χ3n) is 21.4. The maximum absolute atomic E-state index is 14.0. The molecule has 6 N–H and O–H groups in total. The minimum Gasteiger partial charge on any atom is -0.481 e. The Labute approximate surface area is 620 Å². The summed E-state index contributed by atoms with van der Waals surface area (Å²) in [5.41, 5.74) is 8.70. The summed E-state index contributed by atoms with van der Waals surface area (Å²) in [5.74, 6) is -3.15. The number of ether oxygens (including phenoxy) is 3. The number of nitrogens with one attached hydrogen (secondary N) is 3. The van der Waals surface area contributed by atoms with Gasteiger partial charge >= 0.3 is 36.2 Å². The first-order valence-corrected chi connectivity index (χ1v) is 35.6. The second-order valence-electron chi connectivity index (χ2n) is 28.0. The number of carbonyl (C=O) groups is 6. The van der Waals surface area contributed by atoms with Gasteiger partial charge in [-0.3, -0.25) is 30.3 Å². The van der Waals surface area contributed by atoms with Crippen molar-refractivity contribution in [2.45, 2.75) is 101 Å². The molecule has 108 heavy (non-hydrogen) atoms. The lowest BCUT2D eigenvalue weighted by molar-refractivity contribution is -0.141. The minimum absolute atomic E-state index is 0.0735. The summed E-state index contributed by atoms with van der Waals surface area (Å²) in [4.78, 5) is 80.9. The van der Waals surface area contributed by atoms with Gasteiger partial charge in [-0.05, 0) is 151 Å². The number of amides is 3. The quantitative estimate of drug-likeness (QED) is 0.0290. The van der Waals surface area contributed by atoms with E-state index in [9.17, 15) is 44.1 Å². The third kappa shape index (κ3) is 13.8. The molecule has 542 valence electrons. The Bertz CT molecular complexity index is 5390. The van der Waals surface area contributed by atoms with Crippen molar-refractivity contribution >= 4 is 53.2 Å². The van der Waals surface area contributed by atoms with Crippen molar-refractivity contribution < 1.29 is 71.9 Å². The van der Waals surface area contributed by atoms with E-state index in [0.717, 1.165) is 50.1 Å². The van der Waals surface area contributed by atoms with Crippen molar-refractivity contribution in [3.05, 3.63) is 287 Å². The van der Waals surface area contributed by atoms with Gasteiger partial charge in [0.25, 0.3) is 0 Å². The number of carbonyl (C=O) groups excluding carboxylic acids is 3. The Morgan fingerprint density at radius 3 is 1.32 bits per heavy atom. The van der Waals surface area contributed by atoms with Crippen LogP contribution in [0.5, 0.6) is 0 Å². The summed E-state index contributed by atoms with van der Waals surface area (Å²) in [6.45, 7) is 7.01. The molecule has 0 saturated heterocycles. The molecular formula is C87H74N6O15. The molecule has 0 aliphatic heterocycles. The predicted octanol–water partition coefficient (Wildman–Crippen LogP) is 19.2. The van der Waals surface area contributed by atoms with Gasteiger partial charge in [0, 0.05) is 23.1 Å². The van der Waals surface area contributed by atoms with Gasteiger partial charge in [-0.1, -0.05) is 240 Å². The van der Waals surface area contributed by atoms with Gasteiger partial charge in [0.2, 0.25) is 0 Å². The van der Waals surface area contributed by atoms with E-state index in [2.05, 4.69) is 31.4 Å². The molecule has 7 atom stereocenters. The van der Waals surface area contributed by atoms with Crippen molar-refractivity contribution in [2.24, 2.45) is 11.8 Å². The highest BCUT2D eigenvalue weighted by Gasteiger charge is 2.63. The Morgan fingerprint density at radius 1 is 0.426 bits per heavy atom. The molecule has 3 aliphatic rings. The summed E-state index contributed by atoms with van der Waals surface area (Å²) in [6, 6.07) is 72.1. The fourth-order valence-electron chi connectivity index (χ4n) is 14.9. The summed E-state index contributed by atoms with van der Waals surface area (Å²) < 4.78 is 35.3. The highest BCUT2D eigenvalue weighted by molar-refractivity contribution is 5.95. The molecule has 0 radical (unpaired) electrons. The van der Waals surface area contributed by atoms with Crippen LogP contribution in [0.15, 0.2) is 250 Å². The average Bonchev–Trinajstić information content (AvgIpc) is 1.57. The Kier molecular flexibility index (Phi) is 19.0. The van der Waals surface area contributed by atoms with Gasteiger partial charge < -0.3 is 43.1 Å². The van der Waals surface area contributed by atoms with Crippen LogP contribution in [-0.2, 0) is 57.7 Å². The highest BCUT2D eigenvalue weighted by atomic mass is 16.6. The lowest BCUT2D eigenvalue weighted by Gasteiger charge is -2.16. The normalized spacial score (nSPS) is 18.1. The minimum atomic E-state index is -1.36. The van der Waals surface area contributed by atoms with Crippen molar-refractivity contribution in [2.75, 3.05) is 16.0 Å². The Balaban J connectivity index is 0.669. The zero-order valence-corrected chi connectivity index (χ0v) is 59.2. The van der Waals surface area contributed by atoms with Crippen LogP contribution in [-0.4, -0.2) is 67.0 Å². The van der Waals surface area contributed by atoms with Gasteiger partial charge in [-0.2, -0.15) is 0 Å². The first-order valence-electron chi connectivity index (χ1n) is 35.6. The molecule has 9 aromatic carbocycles. The first-order chi connectivity index (χ1) is 52.3. The van der Waals surface area contributed by atoms with E-state index in [-0.39, 0.29) is 54.3 Å². The van der Waals surface area contributed by atoms with E-state index in [0.29, 0.717) is 69.1 Å². The van der Waals surface area contributed by atoms with Crippen molar-refractivity contribution in [3.8, 4) is 67.3 Å². The molecule has 0 bridgehead atoms. The summed E-state index contributed by atoms with van der Waals surface area (Å²) in [7, 11) is 0. The van der Waals surface area contributed by atoms with Crippen molar-refractivity contribution in [1.29, 1.82) is 0 Å². The van der Waals surface area contributed by atoms with E-state index in [1.807, 2.05) is 206 Å². The molecule has 3 aromatic heterocycles. The predicted molar refractivity (Wildman–Crippen MR) is 403 cm³/mol. The number of anilines is 3. The second kappa shape index (κ2) is 29.1. The molecule has 0 spiro atoms. The van der Waals surface area contributed by atoms with Crippen LogP contribution in [0.25, 0.3) is 67.3 Å². The number of carboxylic acid groups (broad SMARTS) is 3. The van der Waals surface area contributed by atoms with Crippen LogP contribution < -0.4 is 16.0 Å². The number of aryl methyl sites for hydroxylation is 1. The van der Waals surface area contributed by atoms with Crippen LogP contribution in [0.1, 0.15) is 115 Å². The second-order valence-corrected chi connectivity index (χ2v) is 28.0. The van der Waals surface area contributed by atoms with Crippen LogP contribution in [0, 0.1) is 18.8 Å². The fourth-order valence-corrected chi connectivity index (χ4v) is 14.9. The number of carboxylic acids is 3. The standard InChI is InChI=1S/C87H74N6O15/c1-50-73(88-82(100)103-51(2)54-18-8-5-9-19-54)77(107-91-50)61-38-32-58(33-39-61)64-25-17-27-66(45-64)87(81(98)99)49-68(87)47-72-76(90-84(102)105-53(4)56-22-12-7-13-23-56)74(93-106-72)60-36-30-57(31-37-60)63-24-16-26-65(44-63)86(80(96)97)48-67(86)46-71-75(89-83(101)104-52(3)55-20-10-6-11-21-55)78(108-92-71)62-40-34-59(35-41-62)69-28-14-15-29-70(69)85(42-43-85)79(94)95/h5-41,44-45,51-53,67-68H,42-43,46-49H2,1-4H3,(H,88,100)(H,89,101)(H,90,102)(H,94,95)(H,96,97)(H,98,99)/t51-,52-,53-,67?,68?,86?,87?/m1/s1. The van der Waals surface area contributed by atoms with Gasteiger partial charge in [0.1, 0.15) is 52.5 Å². The largest absolute Gasteiger partial charge is 0.481 e. The Morgan fingerprint density at radius 2 is 0.843 bits per heavy atom. The zero-order valence-electron chi connectivity index (χ0n) is 59.2. The molecule has 3 aliphatic carbocycles. The number of aliphatic carboxylic acids is 3. The first kappa shape index (κ1) is 70.5. The summed E-state index contributed by atoms with van der Waals surface area (Å²) in [6.07, 6.45) is -2.29. The van der Waals surface area contributed by atoms with E-state index < -0.39 is 82.6 Å². The van der Waals surface area contributed by atoms with Gasteiger partial charge in [-0.15, -0.1) is 0 Å². The zero-order chi connectivity index (χ0) is 75.0. The van der Waals surface area contributed by atoms with Crippen LogP contribution >= 0.6 is 0 Å². The topological polar surface area (TPSA) is 305 Å². The summed E-state index contributed by atoms with van der Waals surface area (Å²) >= 11 is 0. The molecule has 12 aromatic rings. The number of nitrogens with zero attached hydrogens (tertiary/aromatic N) is 3. The number of aromatic nitrogens is 3. The SMILES string of the molecule is Cc1noc(-c2ccc(-c3cccc(C4(C(=O)O)CC4Cc4onc(-c5ccc(-c6cccc(C7(C(=O)O)CC7Cc7noc(-c8ccc(-c9ccccc9C9(C(=O)O)CC9)cc8)c7NC(=O)O[C@H](C)c7ccccc7)c6)cc5)c4NC(=O)O[C@H](C)c4ccccc4)c3)cc2)c1NC(=O)O[C@H](C)c1ccccc1. The molecule has 21 heteroatoms. The molecule has 15 rings (SSSR count). The van der Waals surface area contributed by atoms with Crippen molar-refractivity contribution in [3.63, 3.8) is 0 Å². The molecule has 3 amide bonds. The molecular weight excluding hydrogens is 1370 g/mol. The monoisotopic (exact) mass is 1440 g/mol. The maximum Gasteiger partial charge on any atom is 0.412 e. The molecule has 3 fully saturated rings. The fraction of sp³-hybridized carbons (Fsp3) is 0.207. The molecule has 3 heterocycles. The van der Waals surface area contributed by atoms with E-state index in [1.165, 1.54) is 0 Å².